The third-order valence-electron chi connectivity index (χ3n) is 2.50. The van der Waals surface area contributed by atoms with Crippen LogP contribution in [0.15, 0.2) is 18.2 Å². The Labute approximate surface area is 101 Å². The zero-order valence-electron chi connectivity index (χ0n) is 10.5. The van der Waals surface area contributed by atoms with Gasteiger partial charge in [0.1, 0.15) is 0 Å². The second kappa shape index (κ2) is 6.07. The second-order valence-electron chi connectivity index (χ2n) is 4.77. The quantitative estimate of drug-likeness (QED) is 0.859. The minimum Gasteiger partial charge on any atom is -0.387 e. The van der Waals surface area contributed by atoms with Crippen LogP contribution in [0.3, 0.4) is 0 Å². The first-order valence-electron chi connectivity index (χ1n) is 5.72. The van der Waals surface area contributed by atoms with Crippen molar-refractivity contribution in [3.05, 3.63) is 35.4 Å². The van der Waals surface area contributed by atoms with Crippen LogP contribution in [0.4, 0.5) is 8.78 Å². The van der Waals surface area contributed by atoms with Gasteiger partial charge in [0.2, 0.25) is 0 Å². The van der Waals surface area contributed by atoms with Crippen LogP contribution in [-0.4, -0.2) is 30.1 Å². The van der Waals surface area contributed by atoms with Crippen LogP contribution in [0.2, 0.25) is 0 Å². The van der Waals surface area contributed by atoms with E-state index < -0.39 is 17.7 Å². The van der Waals surface area contributed by atoms with Crippen LogP contribution >= 0.6 is 0 Å². The van der Waals surface area contributed by atoms with Crippen LogP contribution in [0.5, 0.6) is 0 Å². The first-order chi connectivity index (χ1) is 7.91. The van der Waals surface area contributed by atoms with Gasteiger partial charge in [-0.05, 0) is 19.0 Å². The van der Waals surface area contributed by atoms with Crippen molar-refractivity contribution in [3.63, 3.8) is 0 Å². The van der Waals surface area contributed by atoms with Gasteiger partial charge in [0.05, 0.1) is 6.10 Å². The third kappa shape index (κ3) is 4.06. The molecule has 96 valence electrons. The standard InChI is InChI=1S/C13H19F2NO/c1-9(2)7-16(3)8-12(17)10-5-4-6-11(14)13(10)15/h4-6,9,12,17H,7-8H2,1-3H3. The van der Waals surface area contributed by atoms with Crippen LogP contribution in [0, 0.1) is 17.6 Å². The van der Waals surface area contributed by atoms with E-state index in [2.05, 4.69) is 13.8 Å². The predicted octanol–water partition coefficient (Wildman–Crippen LogP) is 2.59. The number of halogens is 2. The van der Waals surface area contributed by atoms with Gasteiger partial charge < -0.3 is 10.0 Å². The Kier molecular flexibility index (Phi) is 5.02. The maximum absolute atomic E-state index is 13.4. The van der Waals surface area contributed by atoms with Gasteiger partial charge in [-0.1, -0.05) is 26.0 Å². The number of aliphatic hydroxyl groups excluding tert-OH is 1. The lowest BCUT2D eigenvalue weighted by Crippen LogP contribution is -2.28. The highest BCUT2D eigenvalue weighted by atomic mass is 19.2. The largest absolute Gasteiger partial charge is 0.387 e. The zero-order chi connectivity index (χ0) is 13.0. The number of rotatable bonds is 5. The Bertz CT molecular complexity index is 368. The SMILES string of the molecule is CC(C)CN(C)CC(O)c1cccc(F)c1F. The van der Waals surface area contributed by atoms with Crippen molar-refractivity contribution in [2.24, 2.45) is 5.92 Å². The van der Waals surface area contributed by atoms with Gasteiger partial charge in [-0.15, -0.1) is 0 Å². The monoisotopic (exact) mass is 243 g/mol. The van der Waals surface area contributed by atoms with Gasteiger partial charge in [-0.2, -0.15) is 0 Å². The molecule has 0 fully saturated rings. The number of hydrogen-bond acceptors (Lipinski definition) is 2. The molecule has 0 aliphatic rings. The van der Waals surface area contributed by atoms with E-state index >= 15 is 0 Å². The van der Waals surface area contributed by atoms with Crippen LogP contribution in [0.25, 0.3) is 0 Å². The zero-order valence-corrected chi connectivity index (χ0v) is 10.5. The molecule has 4 heteroatoms. The summed E-state index contributed by atoms with van der Waals surface area (Å²) in [4.78, 5) is 1.90. The lowest BCUT2D eigenvalue weighted by molar-refractivity contribution is 0.117. The van der Waals surface area contributed by atoms with Crippen molar-refractivity contribution in [1.29, 1.82) is 0 Å². The number of likely N-dealkylation sites (N-methyl/N-ethyl adjacent to an activating group) is 1. The van der Waals surface area contributed by atoms with Crippen LogP contribution < -0.4 is 0 Å². The minimum absolute atomic E-state index is 0.0145. The van der Waals surface area contributed by atoms with E-state index in [0.29, 0.717) is 12.5 Å². The molecule has 0 heterocycles. The molecule has 1 unspecified atom stereocenters. The van der Waals surface area contributed by atoms with E-state index in [1.54, 1.807) is 0 Å². The van der Waals surface area contributed by atoms with Crippen molar-refractivity contribution >= 4 is 0 Å². The van der Waals surface area contributed by atoms with Gasteiger partial charge in [0.25, 0.3) is 0 Å². The molecule has 0 saturated heterocycles. The van der Waals surface area contributed by atoms with E-state index in [4.69, 9.17) is 0 Å². The van der Waals surface area contributed by atoms with Gasteiger partial charge in [-0.3, -0.25) is 0 Å². The van der Waals surface area contributed by atoms with E-state index in [1.807, 2.05) is 11.9 Å². The van der Waals surface area contributed by atoms with Crippen LogP contribution in [0.1, 0.15) is 25.5 Å². The van der Waals surface area contributed by atoms with Crippen molar-refractivity contribution in [2.45, 2.75) is 20.0 Å². The number of benzene rings is 1. The van der Waals surface area contributed by atoms with E-state index in [1.165, 1.54) is 12.1 Å². The fraction of sp³-hybridized carbons (Fsp3) is 0.538. The number of nitrogens with zero attached hydrogens (tertiary/aromatic N) is 1. The summed E-state index contributed by atoms with van der Waals surface area (Å²) in [6, 6.07) is 3.86. The smallest absolute Gasteiger partial charge is 0.164 e. The molecule has 0 aliphatic heterocycles. The van der Waals surface area contributed by atoms with Crippen molar-refractivity contribution < 1.29 is 13.9 Å². The molecule has 1 N–H and O–H groups in total. The Morgan fingerprint density at radius 1 is 1.24 bits per heavy atom. The van der Waals surface area contributed by atoms with Gasteiger partial charge in [0, 0.05) is 18.7 Å². The third-order valence-corrected chi connectivity index (χ3v) is 2.50. The first kappa shape index (κ1) is 14.1. The highest BCUT2D eigenvalue weighted by Crippen LogP contribution is 2.20. The summed E-state index contributed by atoms with van der Waals surface area (Å²) in [6.07, 6.45) is -1.01. The van der Waals surface area contributed by atoms with E-state index in [0.717, 1.165) is 12.6 Å². The lowest BCUT2D eigenvalue weighted by Gasteiger charge is -2.22. The maximum Gasteiger partial charge on any atom is 0.164 e. The van der Waals surface area contributed by atoms with Gasteiger partial charge in [-0.25, -0.2) is 8.78 Å². The summed E-state index contributed by atoms with van der Waals surface area (Å²) >= 11 is 0. The van der Waals surface area contributed by atoms with Crippen LogP contribution in [-0.2, 0) is 0 Å². The summed E-state index contributed by atoms with van der Waals surface area (Å²) in [5.41, 5.74) is 0.0145. The fourth-order valence-electron chi connectivity index (χ4n) is 1.87. The molecule has 1 aromatic carbocycles. The number of hydrogen-bond donors (Lipinski definition) is 1. The number of aliphatic hydroxyl groups is 1. The molecule has 0 bridgehead atoms. The average Bonchev–Trinajstić information content (AvgIpc) is 2.20. The second-order valence-corrected chi connectivity index (χ2v) is 4.77. The Morgan fingerprint density at radius 3 is 2.47 bits per heavy atom. The Balaban J connectivity index is 2.69. The molecule has 0 spiro atoms. The molecule has 17 heavy (non-hydrogen) atoms. The van der Waals surface area contributed by atoms with Crippen molar-refractivity contribution in [1.82, 2.24) is 4.90 Å². The molecule has 1 rings (SSSR count). The van der Waals surface area contributed by atoms with E-state index in [-0.39, 0.29) is 5.56 Å². The molecule has 1 aromatic rings. The average molecular weight is 243 g/mol. The highest BCUT2D eigenvalue weighted by molar-refractivity contribution is 5.21. The summed E-state index contributed by atoms with van der Waals surface area (Å²) in [6.45, 7) is 5.21. The lowest BCUT2D eigenvalue weighted by atomic mass is 10.1. The summed E-state index contributed by atoms with van der Waals surface area (Å²) < 4.78 is 26.4. The first-order valence-corrected chi connectivity index (χ1v) is 5.72. The molecule has 0 radical (unpaired) electrons. The molecule has 2 nitrogen and oxygen atoms in total. The Hall–Kier alpha value is -1.00. The molecule has 0 amide bonds. The minimum atomic E-state index is -1.01. The Morgan fingerprint density at radius 2 is 1.88 bits per heavy atom. The van der Waals surface area contributed by atoms with Gasteiger partial charge in [0.15, 0.2) is 11.6 Å². The highest BCUT2D eigenvalue weighted by Gasteiger charge is 2.17. The molecular formula is C13H19F2NO. The normalized spacial score (nSPS) is 13.4. The summed E-state index contributed by atoms with van der Waals surface area (Å²) in [5, 5.41) is 9.86. The molecular weight excluding hydrogens is 224 g/mol. The van der Waals surface area contributed by atoms with Gasteiger partial charge >= 0.3 is 0 Å². The molecule has 0 aromatic heterocycles. The van der Waals surface area contributed by atoms with Crippen molar-refractivity contribution in [2.75, 3.05) is 20.1 Å². The maximum atomic E-state index is 13.4. The fourth-order valence-corrected chi connectivity index (χ4v) is 1.87. The summed E-state index contributed by atoms with van der Waals surface area (Å²) in [5.74, 6) is -1.42. The molecule has 0 aliphatic carbocycles. The van der Waals surface area contributed by atoms with Crippen molar-refractivity contribution in [3.8, 4) is 0 Å². The molecule has 1 atom stereocenters. The topological polar surface area (TPSA) is 23.5 Å². The van der Waals surface area contributed by atoms with E-state index in [9.17, 15) is 13.9 Å². The summed E-state index contributed by atoms with van der Waals surface area (Å²) in [7, 11) is 1.85. The molecule has 0 saturated carbocycles. The predicted molar refractivity (Wildman–Crippen MR) is 63.7 cm³/mol.